The Hall–Kier alpha value is -1.58. The molecule has 1 aliphatic heterocycles. The van der Waals surface area contributed by atoms with Crippen molar-refractivity contribution in [3.63, 3.8) is 0 Å². The van der Waals surface area contributed by atoms with Crippen LogP contribution in [0.1, 0.15) is 36.2 Å². The molecule has 3 saturated carbocycles. The van der Waals surface area contributed by atoms with E-state index in [1.54, 1.807) is 12.3 Å². The summed E-state index contributed by atoms with van der Waals surface area (Å²) in [4.78, 5) is 18.5. The van der Waals surface area contributed by atoms with Crippen LogP contribution in [0, 0.1) is 23.7 Å². The van der Waals surface area contributed by atoms with Crippen LogP contribution in [0.3, 0.4) is 0 Å². The second-order valence-corrected chi connectivity index (χ2v) is 6.58. The number of aromatic nitrogens is 1. The summed E-state index contributed by atoms with van der Waals surface area (Å²) in [5.74, 6) is 2.92. The third-order valence-corrected chi connectivity index (χ3v) is 5.72. The first kappa shape index (κ1) is 12.2. The van der Waals surface area contributed by atoms with Crippen LogP contribution in [-0.4, -0.2) is 34.0 Å². The quantitative estimate of drug-likeness (QED) is 0.853. The summed E-state index contributed by atoms with van der Waals surface area (Å²) >= 11 is 0. The molecule has 1 saturated heterocycles. The summed E-state index contributed by atoms with van der Waals surface area (Å²) < 4.78 is 0. The van der Waals surface area contributed by atoms with Gasteiger partial charge in [-0.2, -0.15) is 0 Å². The van der Waals surface area contributed by atoms with Crippen molar-refractivity contribution in [3.05, 3.63) is 24.0 Å². The van der Waals surface area contributed by atoms with Crippen molar-refractivity contribution >= 4 is 5.91 Å². The average Bonchev–Trinajstić information content (AvgIpc) is 2.95. The zero-order valence-corrected chi connectivity index (χ0v) is 11.5. The maximum atomic E-state index is 12.5. The Labute approximate surface area is 118 Å². The fourth-order valence-corrected chi connectivity index (χ4v) is 4.73. The lowest BCUT2D eigenvalue weighted by atomic mass is 9.60. The number of nitrogens with zero attached hydrogens (tertiary/aromatic N) is 2. The number of amides is 1. The normalized spacial score (nSPS) is 35.1. The summed E-state index contributed by atoms with van der Waals surface area (Å²) in [5.41, 5.74) is 0.207. The van der Waals surface area contributed by atoms with Crippen LogP contribution in [-0.2, 0) is 0 Å². The second-order valence-electron chi connectivity index (χ2n) is 6.58. The molecule has 2 heterocycles. The minimum Gasteiger partial charge on any atom is -0.505 e. The summed E-state index contributed by atoms with van der Waals surface area (Å²) in [6.07, 6.45) is 6.97. The molecule has 5 rings (SSSR count). The molecular formula is C16H20N2O2. The van der Waals surface area contributed by atoms with Crippen LogP contribution >= 0.6 is 0 Å². The van der Waals surface area contributed by atoms with Crippen LogP contribution in [0.2, 0.25) is 0 Å². The van der Waals surface area contributed by atoms with E-state index in [-0.39, 0.29) is 17.4 Å². The van der Waals surface area contributed by atoms with Gasteiger partial charge in [0.05, 0.1) is 0 Å². The Morgan fingerprint density at radius 2 is 1.75 bits per heavy atom. The lowest BCUT2D eigenvalue weighted by Crippen LogP contribution is -2.38. The SMILES string of the molecule is O=C(c1ncccc1O)N1C[C@@H]2C3CCC(CC3)[C@@H]2C1. The lowest BCUT2D eigenvalue weighted by Gasteiger charge is -2.44. The second kappa shape index (κ2) is 4.47. The van der Waals surface area contributed by atoms with Gasteiger partial charge < -0.3 is 10.0 Å². The van der Waals surface area contributed by atoms with Crippen LogP contribution in [0.5, 0.6) is 5.75 Å². The van der Waals surface area contributed by atoms with Gasteiger partial charge in [-0.05, 0) is 61.5 Å². The lowest BCUT2D eigenvalue weighted by molar-refractivity contribution is 0.0577. The number of carbonyl (C=O) groups is 1. The Kier molecular flexibility index (Phi) is 2.72. The van der Waals surface area contributed by atoms with E-state index >= 15 is 0 Å². The molecule has 20 heavy (non-hydrogen) atoms. The summed E-state index contributed by atoms with van der Waals surface area (Å²) in [6, 6.07) is 3.18. The fourth-order valence-electron chi connectivity index (χ4n) is 4.73. The predicted molar refractivity (Wildman–Crippen MR) is 74.2 cm³/mol. The molecule has 3 aliphatic carbocycles. The highest BCUT2D eigenvalue weighted by molar-refractivity contribution is 5.95. The first-order valence-electron chi connectivity index (χ1n) is 7.67. The molecule has 1 amide bonds. The number of aromatic hydroxyl groups is 1. The van der Waals surface area contributed by atoms with Gasteiger partial charge in [-0.25, -0.2) is 4.98 Å². The number of pyridine rings is 1. The molecule has 0 spiro atoms. The summed E-state index contributed by atoms with van der Waals surface area (Å²) in [5, 5.41) is 9.81. The third-order valence-electron chi connectivity index (χ3n) is 5.72. The number of hydrogen-bond donors (Lipinski definition) is 1. The van der Waals surface area contributed by atoms with Gasteiger partial charge in [0.1, 0.15) is 5.75 Å². The molecule has 2 atom stereocenters. The maximum absolute atomic E-state index is 12.5. The minimum atomic E-state index is -0.100. The largest absolute Gasteiger partial charge is 0.505 e. The average molecular weight is 272 g/mol. The van der Waals surface area contributed by atoms with E-state index in [9.17, 15) is 9.90 Å². The van der Waals surface area contributed by atoms with Gasteiger partial charge >= 0.3 is 0 Å². The van der Waals surface area contributed by atoms with Crippen LogP contribution < -0.4 is 0 Å². The van der Waals surface area contributed by atoms with E-state index in [1.165, 1.54) is 31.7 Å². The molecule has 1 N–H and O–H groups in total. The molecular weight excluding hydrogens is 252 g/mol. The smallest absolute Gasteiger partial charge is 0.276 e. The van der Waals surface area contributed by atoms with Crippen molar-refractivity contribution < 1.29 is 9.90 Å². The highest BCUT2D eigenvalue weighted by Gasteiger charge is 2.49. The van der Waals surface area contributed by atoms with Crippen LogP contribution in [0.15, 0.2) is 18.3 Å². The van der Waals surface area contributed by atoms with Gasteiger partial charge in [-0.1, -0.05) is 0 Å². The minimum absolute atomic E-state index is 0.00431. The van der Waals surface area contributed by atoms with Crippen molar-refractivity contribution in [3.8, 4) is 5.75 Å². The molecule has 1 aromatic rings. The molecule has 0 unspecified atom stereocenters. The van der Waals surface area contributed by atoms with E-state index in [0.717, 1.165) is 24.9 Å². The Balaban J connectivity index is 1.57. The van der Waals surface area contributed by atoms with E-state index in [2.05, 4.69) is 4.98 Å². The maximum Gasteiger partial charge on any atom is 0.276 e. The van der Waals surface area contributed by atoms with Crippen molar-refractivity contribution in [1.29, 1.82) is 0 Å². The van der Waals surface area contributed by atoms with Gasteiger partial charge in [0.2, 0.25) is 0 Å². The van der Waals surface area contributed by atoms with Gasteiger partial charge in [0, 0.05) is 19.3 Å². The highest BCUT2D eigenvalue weighted by Crippen LogP contribution is 2.51. The van der Waals surface area contributed by atoms with Crippen LogP contribution in [0.25, 0.3) is 0 Å². The van der Waals surface area contributed by atoms with Crippen molar-refractivity contribution in [2.45, 2.75) is 25.7 Å². The van der Waals surface area contributed by atoms with E-state index in [4.69, 9.17) is 0 Å². The predicted octanol–water partition coefficient (Wildman–Crippen LogP) is 2.30. The standard InChI is InChI=1S/C16H20N2O2/c19-14-2-1-7-17-15(14)16(20)18-8-12-10-3-4-11(6-5-10)13(12)9-18/h1-2,7,10-13,19H,3-6,8-9H2/t10?,11?,12-,13+. The van der Waals surface area contributed by atoms with E-state index < -0.39 is 0 Å². The molecule has 0 radical (unpaired) electrons. The van der Waals surface area contributed by atoms with Gasteiger partial charge in [-0.3, -0.25) is 4.79 Å². The number of rotatable bonds is 1. The van der Waals surface area contributed by atoms with Gasteiger partial charge in [-0.15, -0.1) is 0 Å². The van der Waals surface area contributed by atoms with Crippen molar-refractivity contribution in [1.82, 2.24) is 9.88 Å². The Morgan fingerprint density at radius 1 is 1.15 bits per heavy atom. The zero-order valence-electron chi connectivity index (χ0n) is 11.5. The van der Waals surface area contributed by atoms with E-state index in [1.807, 2.05) is 4.90 Å². The number of hydrogen-bond acceptors (Lipinski definition) is 3. The molecule has 4 heteroatoms. The first-order chi connectivity index (χ1) is 9.74. The molecule has 0 aromatic carbocycles. The molecule has 1 aromatic heterocycles. The molecule has 2 bridgehead atoms. The fraction of sp³-hybridized carbons (Fsp3) is 0.625. The number of likely N-dealkylation sites (tertiary alicyclic amines) is 1. The van der Waals surface area contributed by atoms with Crippen LogP contribution in [0.4, 0.5) is 0 Å². The summed E-state index contributed by atoms with van der Waals surface area (Å²) in [7, 11) is 0. The van der Waals surface area contributed by atoms with Gasteiger partial charge in [0.25, 0.3) is 5.91 Å². The molecule has 4 aliphatic rings. The number of carbonyl (C=O) groups excluding carboxylic acids is 1. The highest BCUT2D eigenvalue weighted by atomic mass is 16.3. The number of fused-ring (bicyclic) bond motifs is 2. The van der Waals surface area contributed by atoms with Crippen molar-refractivity contribution in [2.75, 3.05) is 13.1 Å². The molecule has 4 nitrogen and oxygen atoms in total. The van der Waals surface area contributed by atoms with E-state index in [0.29, 0.717) is 11.8 Å². The monoisotopic (exact) mass is 272 g/mol. The molecule has 4 fully saturated rings. The Morgan fingerprint density at radius 3 is 2.30 bits per heavy atom. The summed E-state index contributed by atoms with van der Waals surface area (Å²) in [6.45, 7) is 1.72. The van der Waals surface area contributed by atoms with Crippen molar-refractivity contribution in [2.24, 2.45) is 23.7 Å². The molecule has 106 valence electrons. The first-order valence-corrected chi connectivity index (χ1v) is 7.67. The zero-order chi connectivity index (χ0) is 13.7. The Bertz CT molecular complexity index is 517. The van der Waals surface area contributed by atoms with Gasteiger partial charge in [0.15, 0.2) is 5.69 Å². The topological polar surface area (TPSA) is 53.4 Å². The third kappa shape index (κ3) is 1.74.